The van der Waals surface area contributed by atoms with Crippen LogP contribution in [0.1, 0.15) is 10.4 Å². The summed E-state index contributed by atoms with van der Waals surface area (Å²) in [5, 5.41) is 12.0. The van der Waals surface area contributed by atoms with Gasteiger partial charge in [-0.2, -0.15) is 0 Å². The van der Waals surface area contributed by atoms with E-state index in [0.29, 0.717) is 27.3 Å². The number of thiazole rings is 1. The molecule has 0 fully saturated rings. The molecule has 2 aromatic heterocycles. The number of hydrogen-bond donors (Lipinski definition) is 1. The van der Waals surface area contributed by atoms with Gasteiger partial charge in [-0.25, -0.2) is 14.8 Å². The topological polar surface area (TPSA) is 63.1 Å². The molecule has 0 saturated carbocycles. The summed E-state index contributed by atoms with van der Waals surface area (Å²) in [4.78, 5) is 19.9. The Bertz CT molecular complexity index is 772. The first-order valence-electron chi connectivity index (χ1n) is 5.38. The third kappa shape index (κ3) is 2.07. The van der Waals surface area contributed by atoms with Crippen molar-refractivity contribution in [3.63, 3.8) is 0 Å². The van der Waals surface area contributed by atoms with Crippen molar-refractivity contribution in [2.45, 2.75) is 0 Å². The van der Waals surface area contributed by atoms with Crippen molar-refractivity contribution in [3.8, 4) is 11.4 Å². The summed E-state index contributed by atoms with van der Waals surface area (Å²) < 4.78 is 0. The van der Waals surface area contributed by atoms with Gasteiger partial charge in [0, 0.05) is 10.8 Å². The number of halogens is 1. The Morgan fingerprint density at radius 3 is 2.84 bits per heavy atom. The molecule has 0 radical (unpaired) electrons. The average Bonchev–Trinajstić information content (AvgIpc) is 2.91. The molecule has 3 rings (SSSR count). The van der Waals surface area contributed by atoms with E-state index in [-0.39, 0.29) is 5.56 Å². The zero-order valence-corrected chi connectivity index (χ0v) is 11.1. The predicted molar refractivity (Wildman–Crippen MR) is 74.8 cm³/mol. The molecule has 0 atom stereocenters. The van der Waals surface area contributed by atoms with Gasteiger partial charge in [0.15, 0.2) is 0 Å². The normalized spacial score (nSPS) is 10.8. The molecule has 0 aliphatic heterocycles. The number of pyridine rings is 1. The minimum Gasteiger partial charge on any atom is -0.478 e. The summed E-state index contributed by atoms with van der Waals surface area (Å²) in [6.45, 7) is 0. The number of hydrogen-bond acceptors (Lipinski definition) is 4. The smallest absolute Gasteiger partial charge is 0.336 e. The van der Waals surface area contributed by atoms with Gasteiger partial charge in [-0.3, -0.25) is 0 Å². The van der Waals surface area contributed by atoms with Gasteiger partial charge in [-0.1, -0.05) is 17.7 Å². The maximum absolute atomic E-state index is 11.4. The highest BCUT2D eigenvalue weighted by Gasteiger charge is 2.15. The SMILES string of the molecule is O=C(O)c1cc(-c2cscn2)nc2cccc(Cl)c12. The molecule has 1 N–H and O–H groups in total. The number of carboxylic acids is 1. The summed E-state index contributed by atoms with van der Waals surface area (Å²) in [5.41, 5.74) is 3.57. The number of rotatable bonds is 2. The van der Waals surface area contributed by atoms with E-state index in [4.69, 9.17) is 11.6 Å². The second-order valence-electron chi connectivity index (χ2n) is 3.87. The van der Waals surface area contributed by atoms with Gasteiger partial charge >= 0.3 is 5.97 Å². The Hall–Kier alpha value is -1.98. The summed E-state index contributed by atoms with van der Waals surface area (Å²) in [7, 11) is 0. The molecule has 0 unspecified atom stereocenters. The first-order chi connectivity index (χ1) is 9.16. The van der Waals surface area contributed by atoms with E-state index in [2.05, 4.69) is 9.97 Å². The zero-order chi connectivity index (χ0) is 13.4. The second-order valence-corrected chi connectivity index (χ2v) is 4.99. The fourth-order valence-corrected chi connectivity index (χ4v) is 2.70. The first kappa shape index (κ1) is 12.1. The van der Waals surface area contributed by atoms with E-state index >= 15 is 0 Å². The summed E-state index contributed by atoms with van der Waals surface area (Å²) in [5.74, 6) is -1.03. The van der Waals surface area contributed by atoms with Crippen LogP contribution >= 0.6 is 22.9 Å². The van der Waals surface area contributed by atoms with E-state index in [1.165, 1.54) is 17.4 Å². The Morgan fingerprint density at radius 2 is 2.16 bits per heavy atom. The summed E-state index contributed by atoms with van der Waals surface area (Å²) >= 11 is 7.50. The molecule has 94 valence electrons. The van der Waals surface area contributed by atoms with Crippen LogP contribution in [-0.2, 0) is 0 Å². The Morgan fingerprint density at radius 1 is 1.32 bits per heavy atom. The quantitative estimate of drug-likeness (QED) is 0.781. The Kier molecular flexibility index (Phi) is 2.93. The van der Waals surface area contributed by atoms with E-state index in [1.54, 1.807) is 23.7 Å². The molecular formula is C13H7ClN2O2S. The molecule has 3 aromatic rings. The van der Waals surface area contributed by atoms with Gasteiger partial charge in [0.25, 0.3) is 0 Å². The van der Waals surface area contributed by atoms with E-state index in [1.807, 2.05) is 5.38 Å². The minimum absolute atomic E-state index is 0.138. The van der Waals surface area contributed by atoms with Crippen molar-refractivity contribution in [2.24, 2.45) is 0 Å². The Labute approximate surface area is 117 Å². The molecule has 0 spiro atoms. The molecule has 2 heterocycles. The molecule has 0 aliphatic rings. The lowest BCUT2D eigenvalue weighted by molar-refractivity contribution is 0.0699. The molecule has 4 nitrogen and oxygen atoms in total. The van der Waals surface area contributed by atoms with Crippen LogP contribution in [0.4, 0.5) is 0 Å². The standard InChI is InChI=1S/C13H7ClN2O2S/c14-8-2-1-3-9-12(8)7(13(17)18)4-10(16-9)11-5-19-6-15-11/h1-6H,(H,17,18). The van der Waals surface area contributed by atoms with Crippen LogP contribution in [0.5, 0.6) is 0 Å². The van der Waals surface area contributed by atoms with Gasteiger partial charge in [-0.05, 0) is 18.2 Å². The van der Waals surface area contributed by atoms with Crippen LogP contribution in [0.15, 0.2) is 35.2 Å². The number of carboxylic acid groups (broad SMARTS) is 1. The lowest BCUT2D eigenvalue weighted by Crippen LogP contribution is -2.00. The van der Waals surface area contributed by atoms with Crippen LogP contribution in [-0.4, -0.2) is 21.0 Å². The fraction of sp³-hybridized carbons (Fsp3) is 0. The van der Waals surface area contributed by atoms with Crippen LogP contribution in [0, 0.1) is 0 Å². The van der Waals surface area contributed by atoms with Gasteiger partial charge < -0.3 is 5.11 Å². The summed E-state index contributed by atoms with van der Waals surface area (Å²) in [6, 6.07) is 6.64. The monoisotopic (exact) mass is 290 g/mol. The second kappa shape index (κ2) is 4.60. The molecule has 0 bridgehead atoms. The van der Waals surface area contributed by atoms with Crippen LogP contribution in [0.2, 0.25) is 5.02 Å². The van der Waals surface area contributed by atoms with E-state index in [9.17, 15) is 9.90 Å². The maximum atomic E-state index is 11.4. The number of aromatic carboxylic acids is 1. The number of nitrogens with zero attached hydrogens (tertiary/aromatic N) is 2. The molecule has 0 aliphatic carbocycles. The molecule has 0 saturated heterocycles. The molecule has 1 aromatic carbocycles. The van der Waals surface area contributed by atoms with Crippen molar-refractivity contribution in [1.82, 2.24) is 9.97 Å². The zero-order valence-electron chi connectivity index (χ0n) is 9.50. The Balaban J connectivity index is 2.38. The van der Waals surface area contributed by atoms with Crippen molar-refractivity contribution in [3.05, 3.63) is 45.7 Å². The van der Waals surface area contributed by atoms with Crippen molar-refractivity contribution < 1.29 is 9.90 Å². The van der Waals surface area contributed by atoms with Gasteiger partial charge in [0.05, 0.1) is 33.0 Å². The highest BCUT2D eigenvalue weighted by molar-refractivity contribution is 7.07. The minimum atomic E-state index is -1.03. The summed E-state index contributed by atoms with van der Waals surface area (Å²) in [6.07, 6.45) is 0. The third-order valence-electron chi connectivity index (χ3n) is 2.71. The largest absolute Gasteiger partial charge is 0.478 e. The molecule has 19 heavy (non-hydrogen) atoms. The lowest BCUT2D eigenvalue weighted by atomic mass is 10.1. The molecule has 6 heteroatoms. The number of aromatic nitrogens is 2. The number of fused-ring (bicyclic) bond motifs is 1. The van der Waals surface area contributed by atoms with Crippen molar-refractivity contribution in [1.29, 1.82) is 0 Å². The van der Waals surface area contributed by atoms with E-state index in [0.717, 1.165) is 0 Å². The highest BCUT2D eigenvalue weighted by atomic mass is 35.5. The van der Waals surface area contributed by atoms with Gasteiger partial charge in [0.1, 0.15) is 0 Å². The first-order valence-corrected chi connectivity index (χ1v) is 6.70. The van der Waals surface area contributed by atoms with Crippen molar-refractivity contribution in [2.75, 3.05) is 0 Å². The highest BCUT2D eigenvalue weighted by Crippen LogP contribution is 2.29. The number of carbonyl (C=O) groups is 1. The van der Waals surface area contributed by atoms with E-state index < -0.39 is 5.97 Å². The van der Waals surface area contributed by atoms with Crippen molar-refractivity contribution >= 4 is 39.8 Å². The average molecular weight is 291 g/mol. The molecule has 0 amide bonds. The van der Waals surface area contributed by atoms with Crippen LogP contribution in [0.3, 0.4) is 0 Å². The van der Waals surface area contributed by atoms with Crippen LogP contribution < -0.4 is 0 Å². The third-order valence-corrected chi connectivity index (χ3v) is 3.61. The predicted octanol–water partition coefficient (Wildman–Crippen LogP) is 3.71. The van der Waals surface area contributed by atoms with Gasteiger partial charge in [0.2, 0.25) is 0 Å². The maximum Gasteiger partial charge on any atom is 0.336 e. The fourth-order valence-electron chi connectivity index (χ4n) is 1.88. The lowest BCUT2D eigenvalue weighted by Gasteiger charge is -2.06. The van der Waals surface area contributed by atoms with Gasteiger partial charge in [-0.15, -0.1) is 11.3 Å². The van der Waals surface area contributed by atoms with Crippen LogP contribution in [0.25, 0.3) is 22.3 Å². The molecular weight excluding hydrogens is 284 g/mol. The number of benzene rings is 1.